The van der Waals surface area contributed by atoms with E-state index in [9.17, 15) is 4.79 Å². The predicted molar refractivity (Wildman–Crippen MR) is 71.4 cm³/mol. The summed E-state index contributed by atoms with van der Waals surface area (Å²) in [5, 5.41) is 0. The Morgan fingerprint density at radius 1 is 1.35 bits per heavy atom. The summed E-state index contributed by atoms with van der Waals surface area (Å²) in [7, 11) is 1.37. The van der Waals surface area contributed by atoms with Crippen molar-refractivity contribution in [3.63, 3.8) is 0 Å². The molecule has 0 aliphatic rings. The summed E-state index contributed by atoms with van der Waals surface area (Å²) in [6, 6.07) is 7.18. The number of carbonyl (C=O) groups is 1. The fraction of sp³-hybridized carbons (Fsp3) is 0.462. The van der Waals surface area contributed by atoms with E-state index in [1.54, 1.807) is 12.1 Å². The van der Waals surface area contributed by atoms with Crippen molar-refractivity contribution in [1.29, 1.82) is 0 Å². The van der Waals surface area contributed by atoms with Crippen molar-refractivity contribution in [1.82, 2.24) is 0 Å². The summed E-state index contributed by atoms with van der Waals surface area (Å²) in [5.74, 6) is -0.331. The van der Waals surface area contributed by atoms with E-state index >= 15 is 0 Å². The van der Waals surface area contributed by atoms with Crippen LogP contribution in [0.1, 0.15) is 42.7 Å². The second-order valence-electron chi connectivity index (χ2n) is 4.96. The maximum absolute atomic E-state index is 11.4. The molecule has 4 heteroatoms. The molecule has 0 aliphatic heterocycles. The molecule has 2 N–H and O–H groups in total. The van der Waals surface area contributed by atoms with Crippen LogP contribution in [0.4, 0.5) is 0 Å². The maximum atomic E-state index is 11.4. The van der Waals surface area contributed by atoms with E-state index in [-0.39, 0.29) is 29.8 Å². The predicted octanol–water partition coefficient (Wildman–Crippen LogP) is 2.94. The van der Waals surface area contributed by atoms with E-state index in [4.69, 9.17) is 5.73 Å². The highest BCUT2D eigenvalue weighted by atomic mass is 35.5. The van der Waals surface area contributed by atoms with E-state index < -0.39 is 0 Å². The van der Waals surface area contributed by atoms with Gasteiger partial charge in [-0.1, -0.05) is 32.9 Å². The molecule has 0 fully saturated rings. The Bertz CT molecular complexity index is 385. The van der Waals surface area contributed by atoms with Crippen molar-refractivity contribution in [3.8, 4) is 0 Å². The van der Waals surface area contributed by atoms with Crippen molar-refractivity contribution in [3.05, 3.63) is 35.4 Å². The highest BCUT2D eigenvalue weighted by Gasteiger charge is 2.22. The van der Waals surface area contributed by atoms with Crippen LogP contribution in [0.15, 0.2) is 24.3 Å². The zero-order valence-electron chi connectivity index (χ0n) is 10.7. The highest BCUT2D eigenvalue weighted by Crippen LogP contribution is 2.30. The molecule has 0 aliphatic carbocycles. The average Bonchev–Trinajstić information content (AvgIpc) is 2.26. The van der Waals surface area contributed by atoms with Crippen molar-refractivity contribution in [2.45, 2.75) is 26.8 Å². The fourth-order valence-electron chi connectivity index (χ4n) is 1.48. The minimum atomic E-state index is -0.331. The quantitative estimate of drug-likeness (QED) is 0.829. The van der Waals surface area contributed by atoms with Crippen LogP contribution in [0.25, 0.3) is 0 Å². The second-order valence-corrected chi connectivity index (χ2v) is 4.96. The molecule has 1 rings (SSSR count). The molecule has 0 heterocycles. The summed E-state index contributed by atoms with van der Waals surface area (Å²) in [6.45, 7) is 6.22. The molecule has 0 amide bonds. The Balaban J connectivity index is 0.00000256. The number of carbonyl (C=O) groups excluding carboxylic acids is 1. The maximum Gasteiger partial charge on any atom is 0.337 e. The minimum absolute atomic E-state index is 0. The molecule has 0 unspecified atom stereocenters. The summed E-state index contributed by atoms with van der Waals surface area (Å²) in [5.41, 5.74) is 7.59. The molecule has 1 atom stereocenters. The number of rotatable bonds is 2. The number of esters is 1. The van der Waals surface area contributed by atoms with Gasteiger partial charge in [-0.05, 0) is 23.1 Å². The van der Waals surface area contributed by atoms with Gasteiger partial charge in [0.05, 0.1) is 12.7 Å². The van der Waals surface area contributed by atoms with Crippen LogP contribution < -0.4 is 5.73 Å². The number of hydrogen-bond acceptors (Lipinski definition) is 3. The number of benzene rings is 1. The molecule has 0 radical (unpaired) electrons. The second kappa shape index (κ2) is 6.03. The average molecular weight is 258 g/mol. The minimum Gasteiger partial charge on any atom is -0.465 e. The van der Waals surface area contributed by atoms with Gasteiger partial charge in [0.1, 0.15) is 0 Å². The zero-order valence-corrected chi connectivity index (χ0v) is 11.5. The van der Waals surface area contributed by atoms with E-state index in [0.29, 0.717) is 5.56 Å². The van der Waals surface area contributed by atoms with E-state index in [0.717, 1.165) is 5.56 Å². The molecule has 0 saturated heterocycles. The van der Waals surface area contributed by atoms with Crippen LogP contribution >= 0.6 is 12.4 Å². The lowest BCUT2D eigenvalue weighted by Gasteiger charge is -2.27. The number of ether oxygens (including phenoxy) is 1. The van der Waals surface area contributed by atoms with Gasteiger partial charge in [-0.15, -0.1) is 12.4 Å². The number of methoxy groups -OCH3 is 1. The lowest BCUT2D eigenvalue weighted by molar-refractivity contribution is 0.0600. The number of nitrogens with two attached hydrogens (primary N) is 1. The van der Waals surface area contributed by atoms with Gasteiger partial charge >= 0.3 is 5.97 Å². The van der Waals surface area contributed by atoms with Crippen LogP contribution in [0.5, 0.6) is 0 Å². The molecule has 17 heavy (non-hydrogen) atoms. The number of halogens is 1. The van der Waals surface area contributed by atoms with E-state index in [2.05, 4.69) is 25.5 Å². The summed E-state index contributed by atoms with van der Waals surface area (Å²) in [6.07, 6.45) is 0. The zero-order chi connectivity index (χ0) is 12.3. The molecule has 96 valence electrons. The first-order valence-electron chi connectivity index (χ1n) is 5.30. The first-order valence-corrected chi connectivity index (χ1v) is 5.30. The summed E-state index contributed by atoms with van der Waals surface area (Å²) in [4.78, 5) is 11.4. The van der Waals surface area contributed by atoms with Gasteiger partial charge < -0.3 is 10.5 Å². The third-order valence-electron chi connectivity index (χ3n) is 2.60. The van der Waals surface area contributed by atoms with Gasteiger partial charge in [0.15, 0.2) is 0 Å². The Kier molecular flexibility index (Phi) is 5.66. The lowest BCUT2D eigenvalue weighted by atomic mass is 9.83. The lowest BCUT2D eigenvalue weighted by Crippen LogP contribution is -2.26. The van der Waals surface area contributed by atoms with Gasteiger partial charge in [-0.3, -0.25) is 0 Å². The Morgan fingerprint density at radius 2 is 1.94 bits per heavy atom. The first-order chi connectivity index (χ1) is 7.36. The first kappa shape index (κ1) is 15.9. The van der Waals surface area contributed by atoms with E-state index in [1.807, 2.05) is 12.1 Å². The molecule has 1 aromatic carbocycles. The molecule has 3 nitrogen and oxygen atoms in total. The third-order valence-corrected chi connectivity index (χ3v) is 2.60. The van der Waals surface area contributed by atoms with Crippen molar-refractivity contribution < 1.29 is 9.53 Å². The van der Waals surface area contributed by atoms with Crippen LogP contribution in [0, 0.1) is 5.41 Å². The van der Waals surface area contributed by atoms with Gasteiger partial charge in [-0.25, -0.2) is 4.79 Å². The number of hydrogen-bond donors (Lipinski definition) is 1. The molecular formula is C13H20ClNO2. The normalized spacial score (nSPS) is 12.5. The third kappa shape index (κ3) is 4.02. The topological polar surface area (TPSA) is 52.3 Å². The Labute approximate surface area is 109 Å². The Hall–Kier alpha value is -1.06. The van der Waals surface area contributed by atoms with Gasteiger partial charge in [-0.2, -0.15) is 0 Å². The molecule has 1 aromatic rings. The molecule has 0 saturated carbocycles. The SMILES string of the molecule is COC(=O)c1cccc([C@H](N)C(C)(C)C)c1.Cl. The summed E-state index contributed by atoms with van der Waals surface area (Å²) >= 11 is 0. The van der Waals surface area contributed by atoms with E-state index in [1.165, 1.54) is 7.11 Å². The van der Waals surface area contributed by atoms with Crippen LogP contribution in [0.3, 0.4) is 0 Å². The molecule has 0 aromatic heterocycles. The highest BCUT2D eigenvalue weighted by molar-refractivity contribution is 5.89. The van der Waals surface area contributed by atoms with Crippen LogP contribution in [-0.2, 0) is 4.74 Å². The smallest absolute Gasteiger partial charge is 0.337 e. The summed E-state index contributed by atoms with van der Waals surface area (Å²) < 4.78 is 4.68. The molecule has 0 spiro atoms. The fourth-order valence-corrected chi connectivity index (χ4v) is 1.48. The molecular weight excluding hydrogens is 238 g/mol. The standard InChI is InChI=1S/C13H19NO2.ClH/c1-13(2,3)11(14)9-6-5-7-10(8-9)12(15)16-4;/h5-8,11H,14H2,1-4H3;1H/t11-;/m0./s1. The van der Waals surface area contributed by atoms with Crippen molar-refractivity contribution >= 4 is 18.4 Å². The van der Waals surface area contributed by atoms with Gasteiger partial charge in [0.2, 0.25) is 0 Å². The van der Waals surface area contributed by atoms with Crippen molar-refractivity contribution in [2.24, 2.45) is 11.1 Å². The monoisotopic (exact) mass is 257 g/mol. The van der Waals surface area contributed by atoms with Crippen LogP contribution in [0.2, 0.25) is 0 Å². The Morgan fingerprint density at radius 3 is 2.41 bits per heavy atom. The van der Waals surface area contributed by atoms with Crippen LogP contribution in [-0.4, -0.2) is 13.1 Å². The van der Waals surface area contributed by atoms with Gasteiger partial charge in [0, 0.05) is 6.04 Å². The molecule has 0 bridgehead atoms. The largest absolute Gasteiger partial charge is 0.465 e. The van der Waals surface area contributed by atoms with Gasteiger partial charge in [0.25, 0.3) is 0 Å². The van der Waals surface area contributed by atoms with Crippen molar-refractivity contribution in [2.75, 3.05) is 7.11 Å².